The summed E-state index contributed by atoms with van der Waals surface area (Å²) in [4.78, 5) is 9.40. The Morgan fingerprint density at radius 2 is 2.04 bits per heavy atom. The number of aliphatic imine (C=N–C) groups is 1. The van der Waals surface area contributed by atoms with E-state index in [-0.39, 0.29) is 5.60 Å². The summed E-state index contributed by atoms with van der Waals surface area (Å²) in [6.45, 7) is 12.6. The molecule has 2 N–H and O–H groups in total. The van der Waals surface area contributed by atoms with Gasteiger partial charge in [-0.05, 0) is 57.4 Å². The zero-order valence-electron chi connectivity index (χ0n) is 17.8. The van der Waals surface area contributed by atoms with Gasteiger partial charge < -0.3 is 20.3 Å². The molecule has 2 aliphatic heterocycles. The lowest BCUT2D eigenvalue weighted by molar-refractivity contribution is 0.0243. The summed E-state index contributed by atoms with van der Waals surface area (Å²) >= 11 is 0. The van der Waals surface area contributed by atoms with Crippen LogP contribution in [0.3, 0.4) is 0 Å². The fourth-order valence-electron chi connectivity index (χ4n) is 4.03. The molecule has 0 saturated carbocycles. The predicted octanol–water partition coefficient (Wildman–Crippen LogP) is 2.24. The molecule has 0 amide bonds. The maximum absolute atomic E-state index is 5.83. The van der Waals surface area contributed by atoms with E-state index in [1.165, 1.54) is 11.3 Å². The average Bonchev–Trinajstić information content (AvgIpc) is 3.14. The van der Waals surface area contributed by atoms with E-state index in [0.717, 1.165) is 77.6 Å². The highest BCUT2D eigenvalue weighted by Crippen LogP contribution is 2.23. The zero-order valence-corrected chi connectivity index (χ0v) is 17.8. The number of benzene rings is 1. The van der Waals surface area contributed by atoms with Gasteiger partial charge in [0, 0.05) is 58.6 Å². The Hall–Kier alpha value is -1.79. The quantitative estimate of drug-likeness (QED) is 0.427. The van der Waals surface area contributed by atoms with E-state index < -0.39 is 0 Å². The number of anilines is 1. The molecule has 0 radical (unpaired) electrons. The number of rotatable bonds is 7. The number of hydrogen-bond donors (Lipinski definition) is 2. The number of ether oxygens (including phenoxy) is 1. The maximum Gasteiger partial charge on any atom is 0.191 e. The highest BCUT2D eigenvalue weighted by Gasteiger charge is 2.29. The fourth-order valence-corrected chi connectivity index (χ4v) is 4.03. The van der Waals surface area contributed by atoms with Gasteiger partial charge in [-0.3, -0.25) is 9.89 Å². The van der Waals surface area contributed by atoms with Crippen LogP contribution in [0.15, 0.2) is 29.3 Å². The molecule has 156 valence electrons. The fraction of sp³-hybridized carbons (Fsp3) is 0.682. The second kappa shape index (κ2) is 10.1. The van der Waals surface area contributed by atoms with Crippen LogP contribution < -0.4 is 15.5 Å². The zero-order chi connectivity index (χ0) is 19.8. The first-order chi connectivity index (χ1) is 13.6. The first kappa shape index (κ1) is 20.9. The molecule has 1 unspecified atom stereocenters. The highest BCUT2D eigenvalue weighted by atomic mass is 16.5. The summed E-state index contributed by atoms with van der Waals surface area (Å²) in [7, 11) is 1.83. The molecule has 2 aliphatic rings. The van der Waals surface area contributed by atoms with E-state index in [1.807, 2.05) is 7.05 Å². The topological polar surface area (TPSA) is 52.1 Å². The van der Waals surface area contributed by atoms with Crippen molar-refractivity contribution in [2.75, 3.05) is 64.4 Å². The van der Waals surface area contributed by atoms with Gasteiger partial charge in [-0.1, -0.05) is 12.1 Å². The number of guanidine groups is 1. The molecule has 0 aliphatic carbocycles. The Morgan fingerprint density at radius 3 is 2.71 bits per heavy atom. The van der Waals surface area contributed by atoms with Gasteiger partial charge in [0.1, 0.15) is 0 Å². The van der Waals surface area contributed by atoms with Crippen LogP contribution in [0, 0.1) is 6.92 Å². The maximum atomic E-state index is 5.83. The molecule has 6 nitrogen and oxygen atoms in total. The Balaban J connectivity index is 1.30. The minimum Gasteiger partial charge on any atom is -0.373 e. The van der Waals surface area contributed by atoms with Crippen molar-refractivity contribution in [1.82, 2.24) is 15.5 Å². The molecule has 0 bridgehead atoms. The minimum atomic E-state index is -0.0470. The van der Waals surface area contributed by atoms with Crippen molar-refractivity contribution in [2.24, 2.45) is 4.99 Å². The summed E-state index contributed by atoms with van der Waals surface area (Å²) in [6.07, 6.45) is 3.39. The number of hydrogen-bond acceptors (Lipinski definition) is 4. The molecule has 1 atom stereocenters. The van der Waals surface area contributed by atoms with Crippen molar-refractivity contribution in [2.45, 2.75) is 38.7 Å². The third kappa shape index (κ3) is 6.11. The van der Waals surface area contributed by atoms with Crippen LogP contribution in [0.2, 0.25) is 0 Å². The third-order valence-electron chi connectivity index (χ3n) is 5.84. The Kier molecular flexibility index (Phi) is 7.57. The van der Waals surface area contributed by atoms with Crippen molar-refractivity contribution >= 4 is 11.6 Å². The van der Waals surface area contributed by atoms with Gasteiger partial charge in [-0.2, -0.15) is 0 Å². The molecule has 0 spiro atoms. The monoisotopic (exact) mass is 387 g/mol. The molecule has 3 rings (SSSR count). The summed E-state index contributed by atoms with van der Waals surface area (Å²) in [5, 5.41) is 6.85. The lowest BCUT2D eigenvalue weighted by Crippen LogP contribution is -2.48. The summed E-state index contributed by atoms with van der Waals surface area (Å²) < 4.78 is 5.83. The molecular formula is C22H37N5O. The van der Waals surface area contributed by atoms with Gasteiger partial charge >= 0.3 is 0 Å². The van der Waals surface area contributed by atoms with Crippen LogP contribution in [-0.2, 0) is 4.74 Å². The van der Waals surface area contributed by atoms with Gasteiger partial charge in [-0.25, -0.2) is 0 Å². The van der Waals surface area contributed by atoms with E-state index in [1.54, 1.807) is 0 Å². The lowest BCUT2D eigenvalue weighted by Gasteiger charge is -2.36. The molecule has 1 aromatic carbocycles. The van der Waals surface area contributed by atoms with Crippen LogP contribution >= 0.6 is 0 Å². The van der Waals surface area contributed by atoms with Crippen LogP contribution in [0.4, 0.5) is 5.69 Å². The molecule has 1 aromatic rings. The summed E-state index contributed by atoms with van der Waals surface area (Å²) in [5.41, 5.74) is 2.65. The normalized spacial score (nSPS) is 23.8. The second-order valence-corrected chi connectivity index (χ2v) is 8.28. The van der Waals surface area contributed by atoms with Gasteiger partial charge in [0.05, 0.1) is 5.60 Å². The van der Waals surface area contributed by atoms with Crippen molar-refractivity contribution in [1.29, 1.82) is 0 Å². The lowest BCUT2D eigenvalue weighted by atomic mass is 10.0. The van der Waals surface area contributed by atoms with Gasteiger partial charge in [0.2, 0.25) is 0 Å². The predicted molar refractivity (Wildman–Crippen MR) is 117 cm³/mol. The van der Waals surface area contributed by atoms with E-state index in [4.69, 9.17) is 4.74 Å². The van der Waals surface area contributed by atoms with Crippen LogP contribution in [-0.4, -0.2) is 75.9 Å². The molecule has 6 heteroatoms. The highest BCUT2D eigenvalue weighted by molar-refractivity contribution is 5.79. The first-order valence-corrected chi connectivity index (χ1v) is 10.7. The van der Waals surface area contributed by atoms with Crippen molar-refractivity contribution < 1.29 is 4.74 Å². The van der Waals surface area contributed by atoms with Crippen molar-refractivity contribution in [3.05, 3.63) is 29.8 Å². The second-order valence-electron chi connectivity index (χ2n) is 8.28. The average molecular weight is 388 g/mol. The van der Waals surface area contributed by atoms with E-state index >= 15 is 0 Å². The molecule has 2 fully saturated rings. The third-order valence-corrected chi connectivity index (χ3v) is 5.84. The van der Waals surface area contributed by atoms with Gasteiger partial charge in [0.25, 0.3) is 0 Å². The Labute approximate surface area is 170 Å². The standard InChI is InChI=1S/C22H37N5O/c1-19-7-4-8-20(17-19)27-14-12-26(13-15-27)11-6-10-24-21(23-3)25-18-22(2)9-5-16-28-22/h4,7-8,17H,5-6,9-16,18H2,1-3H3,(H2,23,24,25). The molecule has 28 heavy (non-hydrogen) atoms. The van der Waals surface area contributed by atoms with E-state index in [0.29, 0.717) is 0 Å². The first-order valence-electron chi connectivity index (χ1n) is 10.7. The smallest absolute Gasteiger partial charge is 0.191 e. The summed E-state index contributed by atoms with van der Waals surface area (Å²) in [5.74, 6) is 0.876. The van der Waals surface area contributed by atoms with Crippen LogP contribution in [0.5, 0.6) is 0 Å². The molecule has 0 aromatic heterocycles. The van der Waals surface area contributed by atoms with Crippen molar-refractivity contribution in [3.63, 3.8) is 0 Å². The number of nitrogens with one attached hydrogen (secondary N) is 2. The number of piperazine rings is 1. The number of nitrogens with zero attached hydrogens (tertiary/aromatic N) is 3. The van der Waals surface area contributed by atoms with Gasteiger partial charge in [-0.15, -0.1) is 0 Å². The number of aryl methyl sites for hydroxylation is 1. The Bertz CT molecular complexity index is 634. The van der Waals surface area contributed by atoms with E-state index in [2.05, 4.69) is 63.5 Å². The minimum absolute atomic E-state index is 0.0470. The SMILES string of the molecule is CN=C(NCCCN1CCN(c2cccc(C)c2)CC1)NCC1(C)CCCO1. The van der Waals surface area contributed by atoms with Crippen LogP contribution in [0.1, 0.15) is 31.7 Å². The van der Waals surface area contributed by atoms with Crippen LogP contribution in [0.25, 0.3) is 0 Å². The van der Waals surface area contributed by atoms with Crippen molar-refractivity contribution in [3.8, 4) is 0 Å². The largest absolute Gasteiger partial charge is 0.373 e. The molecule has 2 heterocycles. The molecular weight excluding hydrogens is 350 g/mol. The van der Waals surface area contributed by atoms with Gasteiger partial charge in [0.15, 0.2) is 5.96 Å². The Morgan fingerprint density at radius 1 is 1.21 bits per heavy atom. The van der Waals surface area contributed by atoms with E-state index in [9.17, 15) is 0 Å². The molecule has 2 saturated heterocycles. The summed E-state index contributed by atoms with van der Waals surface area (Å²) in [6, 6.07) is 8.83.